The first kappa shape index (κ1) is 23.0. The highest BCUT2D eigenvalue weighted by molar-refractivity contribution is 7.92. The van der Waals surface area contributed by atoms with Crippen molar-refractivity contribution in [2.75, 3.05) is 0 Å². The molecule has 0 spiro atoms. The third kappa shape index (κ3) is 4.39. The van der Waals surface area contributed by atoms with Crippen LogP contribution in [-0.4, -0.2) is 27.7 Å². The highest BCUT2D eigenvalue weighted by atomic mass is 35.5. The van der Waals surface area contributed by atoms with Gasteiger partial charge in [0.25, 0.3) is 15.9 Å². The number of amides is 1. The van der Waals surface area contributed by atoms with Crippen LogP contribution in [0.2, 0.25) is 5.02 Å². The number of benzene rings is 3. The van der Waals surface area contributed by atoms with Crippen molar-refractivity contribution < 1.29 is 21.6 Å². The molecule has 170 valence electrons. The summed E-state index contributed by atoms with van der Waals surface area (Å²) in [4.78, 5) is 15.4. The molecule has 33 heavy (non-hydrogen) atoms. The van der Waals surface area contributed by atoms with Crippen LogP contribution in [0.25, 0.3) is 10.9 Å². The molecule has 0 aliphatic heterocycles. The Morgan fingerprint density at radius 2 is 1.48 bits per heavy atom. The predicted molar refractivity (Wildman–Crippen MR) is 126 cm³/mol. The molecule has 1 aromatic heterocycles. The maximum absolute atomic E-state index is 13.7. The average Bonchev–Trinajstić information content (AvgIpc) is 3.13. The van der Waals surface area contributed by atoms with E-state index in [0.717, 1.165) is 11.1 Å². The van der Waals surface area contributed by atoms with Crippen LogP contribution in [0.15, 0.2) is 81.4 Å². The largest absolute Gasteiger partial charge is 0.349 e. The zero-order chi connectivity index (χ0) is 24.0. The molecule has 10 heteroatoms. The van der Waals surface area contributed by atoms with Gasteiger partial charge in [-0.2, -0.15) is 0 Å². The summed E-state index contributed by atoms with van der Waals surface area (Å²) in [6.07, 6.45) is 0. The van der Waals surface area contributed by atoms with Gasteiger partial charge in [-0.25, -0.2) is 21.6 Å². The molecule has 1 heterocycles. The maximum Gasteiger partial charge on any atom is 0.282 e. The van der Waals surface area contributed by atoms with Gasteiger partial charge in [-0.1, -0.05) is 35.9 Å². The second-order valence-corrected chi connectivity index (χ2v) is 11.6. The van der Waals surface area contributed by atoms with E-state index in [1.54, 1.807) is 19.9 Å². The Morgan fingerprint density at radius 3 is 2.12 bits per heavy atom. The predicted octanol–water partition coefficient (Wildman–Crippen LogP) is 4.39. The van der Waals surface area contributed by atoms with Gasteiger partial charge >= 0.3 is 0 Å². The third-order valence-corrected chi connectivity index (χ3v) is 8.39. The summed E-state index contributed by atoms with van der Waals surface area (Å²) >= 11 is 6.11. The van der Waals surface area contributed by atoms with Crippen LogP contribution in [-0.2, 0) is 19.9 Å². The van der Waals surface area contributed by atoms with E-state index in [1.807, 2.05) is 10.8 Å². The normalized spacial score (nSPS) is 12.1. The van der Waals surface area contributed by atoms with Gasteiger partial charge in [0.05, 0.1) is 9.79 Å². The standard InChI is InChI=1S/C23H19ClN2O5S2/c1-14-10-15(2)12-18(11-14)32(28,29)22-19-13-16(24)8-9-20(19)25-21(22)23(27)26-33(30,31)17-6-4-3-5-7-17/h3-13,25H,1-2H3,(H,26,27). The number of aromatic amines is 1. The first-order valence-electron chi connectivity index (χ1n) is 9.76. The van der Waals surface area contributed by atoms with Gasteiger partial charge in [0, 0.05) is 15.9 Å². The summed E-state index contributed by atoms with van der Waals surface area (Å²) in [5.74, 6) is -1.10. The van der Waals surface area contributed by atoms with Crippen LogP contribution in [0.5, 0.6) is 0 Å². The lowest BCUT2D eigenvalue weighted by Gasteiger charge is -2.10. The molecule has 0 atom stereocenters. The Morgan fingerprint density at radius 1 is 0.848 bits per heavy atom. The van der Waals surface area contributed by atoms with Crippen molar-refractivity contribution in [2.24, 2.45) is 0 Å². The molecule has 0 aliphatic carbocycles. The number of carbonyl (C=O) groups excluding carboxylic acids is 1. The SMILES string of the molecule is Cc1cc(C)cc(S(=O)(=O)c2c(C(=O)NS(=O)(=O)c3ccccc3)[nH]c3ccc(Cl)cc23)c1. The zero-order valence-electron chi connectivity index (χ0n) is 17.6. The zero-order valence-corrected chi connectivity index (χ0v) is 20.0. The van der Waals surface area contributed by atoms with E-state index in [2.05, 4.69) is 4.98 Å². The summed E-state index contributed by atoms with van der Waals surface area (Å²) in [5, 5.41) is 0.450. The molecule has 1 amide bonds. The van der Waals surface area contributed by atoms with Crippen LogP contribution < -0.4 is 4.72 Å². The number of aromatic nitrogens is 1. The second-order valence-electron chi connectivity index (χ2n) is 7.59. The number of rotatable bonds is 5. The van der Waals surface area contributed by atoms with E-state index in [-0.39, 0.29) is 25.1 Å². The van der Waals surface area contributed by atoms with Gasteiger partial charge < -0.3 is 4.98 Å². The fourth-order valence-corrected chi connectivity index (χ4v) is 6.56. The van der Waals surface area contributed by atoms with E-state index in [0.29, 0.717) is 5.52 Å². The lowest BCUT2D eigenvalue weighted by atomic mass is 10.2. The summed E-state index contributed by atoms with van der Waals surface area (Å²) in [5.41, 5.74) is 1.38. The first-order valence-corrected chi connectivity index (χ1v) is 13.1. The maximum atomic E-state index is 13.7. The quantitative estimate of drug-likeness (QED) is 0.420. The second kappa shape index (κ2) is 8.33. The van der Waals surface area contributed by atoms with Crippen molar-refractivity contribution >= 4 is 48.3 Å². The van der Waals surface area contributed by atoms with Crippen LogP contribution in [0, 0.1) is 13.8 Å². The van der Waals surface area contributed by atoms with Crippen LogP contribution >= 0.6 is 11.6 Å². The molecule has 0 aliphatic rings. The van der Waals surface area contributed by atoms with E-state index < -0.39 is 31.5 Å². The van der Waals surface area contributed by atoms with E-state index in [1.165, 1.54) is 54.6 Å². The minimum absolute atomic E-state index is 0.0131. The fraction of sp³-hybridized carbons (Fsp3) is 0.0870. The molecule has 4 aromatic rings. The molecule has 4 rings (SSSR count). The van der Waals surface area contributed by atoms with Crippen LogP contribution in [0.3, 0.4) is 0 Å². The highest BCUT2D eigenvalue weighted by Gasteiger charge is 2.32. The van der Waals surface area contributed by atoms with Crippen molar-refractivity contribution in [3.8, 4) is 0 Å². The monoisotopic (exact) mass is 502 g/mol. The number of hydrogen-bond acceptors (Lipinski definition) is 5. The minimum atomic E-state index is -4.23. The van der Waals surface area contributed by atoms with E-state index in [9.17, 15) is 21.6 Å². The summed E-state index contributed by atoms with van der Waals surface area (Å²) < 4.78 is 54.7. The van der Waals surface area contributed by atoms with Crippen molar-refractivity contribution in [2.45, 2.75) is 28.5 Å². The molecule has 0 radical (unpaired) electrons. The van der Waals surface area contributed by atoms with Crippen molar-refractivity contribution in [1.82, 2.24) is 9.71 Å². The Bertz CT molecular complexity index is 1590. The third-order valence-electron chi connectivity index (χ3n) is 4.99. The van der Waals surface area contributed by atoms with Crippen molar-refractivity contribution in [1.29, 1.82) is 0 Å². The number of halogens is 1. The van der Waals surface area contributed by atoms with Gasteiger partial charge in [-0.3, -0.25) is 4.79 Å². The van der Waals surface area contributed by atoms with Gasteiger partial charge in [-0.05, 0) is 67.4 Å². The lowest BCUT2D eigenvalue weighted by Crippen LogP contribution is -2.31. The van der Waals surface area contributed by atoms with E-state index >= 15 is 0 Å². The van der Waals surface area contributed by atoms with Crippen molar-refractivity contribution in [3.63, 3.8) is 0 Å². The summed E-state index contributed by atoms with van der Waals surface area (Å²) in [6, 6.07) is 16.6. The number of fused-ring (bicyclic) bond motifs is 1. The number of nitrogens with one attached hydrogen (secondary N) is 2. The Labute approximate surface area is 196 Å². The Kier molecular flexibility index (Phi) is 5.81. The molecule has 0 bridgehead atoms. The van der Waals surface area contributed by atoms with Gasteiger partial charge in [0.1, 0.15) is 10.6 Å². The molecule has 7 nitrogen and oxygen atoms in total. The number of hydrogen-bond donors (Lipinski definition) is 2. The highest BCUT2D eigenvalue weighted by Crippen LogP contribution is 2.34. The molecule has 3 aromatic carbocycles. The van der Waals surface area contributed by atoms with Gasteiger partial charge in [0.2, 0.25) is 9.84 Å². The minimum Gasteiger partial charge on any atom is -0.349 e. The lowest BCUT2D eigenvalue weighted by molar-refractivity contribution is 0.0974. The Hall–Kier alpha value is -3.14. The molecule has 0 fully saturated rings. The summed E-state index contributed by atoms with van der Waals surface area (Å²) in [6.45, 7) is 3.52. The average molecular weight is 503 g/mol. The number of sulfone groups is 1. The number of carbonyl (C=O) groups is 1. The Balaban J connectivity index is 1.91. The van der Waals surface area contributed by atoms with E-state index in [4.69, 9.17) is 11.6 Å². The number of H-pyrrole nitrogens is 1. The smallest absolute Gasteiger partial charge is 0.282 e. The van der Waals surface area contributed by atoms with Crippen LogP contribution in [0.4, 0.5) is 0 Å². The molecule has 0 saturated carbocycles. The topological polar surface area (TPSA) is 113 Å². The number of sulfonamides is 1. The van der Waals surface area contributed by atoms with Crippen molar-refractivity contribution in [3.05, 3.63) is 88.6 Å². The van der Waals surface area contributed by atoms with Gasteiger partial charge in [0.15, 0.2) is 0 Å². The molecule has 0 saturated heterocycles. The summed E-state index contributed by atoms with van der Waals surface area (Å²) in [7, 11) is -8.46. The molecule has 2 N–H and O–H groups in total. The number of aryl methyl sites for hydroxylation is 2. The first-order chi connectivity index (χ1) is 15.5. The fourth-order valence-electron chi connectivity index (χ4n) is 3.62. The molecular weight excluding hydrogens is 484 g/mol. The molecule has 0 unspecified atom stereocenters. The van der Waals surface area contributed by atoms with Gasteiger partial charge in [-0.15, -0.1) is 0 Å². The molecular formula is C23H19ClN2O5S2. The van der Waals surface area contributed by atoms with Crippen LogP contribution in [0.1, 0.15) is 21.6 Å².